The summed E-state index contributed by atoms with van der Waals surface area (Å²) < 4.78 is 5.38. The third-order valence-electron chi connectivity index (χ3n) is 4.57. The molecule has 1 aliphatic rings. The molecule has 0 aliphatic heterocycles. The standard InChI is InChI=1S/C21H14N4OS/c22-11-13-1-3-16(4-2-13)20-24-19(25-26-20)15-7-5-14(6-8-15)18-12-27-21(23-18)17-9-10-17/h1-8,12,17H,9-10H2. The predicted octanol–water partition coefficient (Wildman–Crippen LogP) is 5.28. The van der Waals surface area contributed by atoms with Crippen LogP contribution in [0.3, 0.4) is 0 Å². The summed E-state index contributed by atoms with van der Waals surface area (Å²) in [4.78, 5) is 9.22. The second kappa shape index (κ2) is 6.45. The number of aromatic nitrogens is 3. The summed E-state index contributed by atoms with van der Waals surface area (Å²) in [7, 11) is 0. The van der Waals surface area contributed by atoms with Gasteiger partial charge in [0.25, 0.3) is 5.89 Å². The van der Waals surface area contributed by atoms with Crippen LogP contribution >= 0.6 is 11.3 Å². The molecule has 0 N–H and O–H groups in total. The van der Waals surface area contributed by atoms with E-state index in [0.29, 0.717) is 23.2 Å². The van der Waals surface area contributed by atoms with E-state index in [4.69, 9.17) is 14.8 Å². The zero-order valence-corrected chi connectivity index (χ0v) is 15.1. The van der Waals surface area contributed by atoms with Gasteiger partial charge >= 0.3 is 0 Å². The molecule has 0 unspecified atom stereocenters. The lowest BCUT2D eigenvalue weighted by Crippen LogP contribution is -1.84. The van der Waals surface area contributed by atoms with Crippen LogP contribution in [0.5, 0.6) is 0 Å². The van der Waals surface area contributed by atoms with Crippen LogP contribution in [0.25, 0.3) is 34.1 Å². The van der Waals surface area contributed by atoms with Gasteiger partial charge in [0.15, 0.2) is 0 Å². The Bertz CT molecular complexity index is 1130. The summed E-state index contributed by atoms with van der Waals surface area (Å²) in [5.41, 5.74) is 4.40. The fourth-order valence-corrected chi connectivity index (χ4v) is 3.87. The molecule has 1 saturated carbocycles. The van der Waals surface area contributed by atoms with Crippen molar-refractivity contribution in [2.75, 3.05) is 0 Å². The molecular formula is C21H14N4OS. The van der Waals surface area contributed by atoms with E-state index in [-0.39, 0.29) is 0 Å². The predicted molar refractivity (Wildman–Crippen MR) is 103 cm³/mol. The highest BCUT2D eigenvalue weighted by Crippen LogP contribution is 2.42. The maximum atomic E-state index is 8.88. The van der Waals surface area contributed by atoms with E-state index < -0.39 is 0 Å². The monoisotopic (exact) mass is 370 g/mol. The van der Waals surface area contributed by atoms with E-state index in [1.54, 1.807) is 35.6 Å². The summed E-state index contributed by atoms with van der Waals surface area (Å²) in [6.45, 7) is 0. The minimum atomic E-state index is 0.437. The van der Waals surface area contributed by atoms with E-state index in [1.807, 2.05) is 24.3 Å². The van der Waals surface area contributed by atoms with Crippen LogP contribution in [0.2, 0.25) is 0 Å². The number of nitrogens with zero attached hydrogens (tertiary/aromatic N) is 4. The van der Waals surface area contributed by atoms with Gasteiger partial charge < -0.3 is 4.52 Å². The topological polar surface area (TPSA) is 75.6 Å². The first-order chi connectivity index (χ1) is 13.3. The fourth-order valence-electron chi connectivity index (χ4n) is 2.87. The summed E-state index contributed by atoms with van der Waals surface area (Å²) in [5.74, 6) is 1.66. The normalized spacial score (nSPS) is 13.4. The minimum Gasteiger partial charge on any atom is -0.334 e. The van der Waals surface area contributed by atoms with Gasteiger partial charge in [-0.05, 0) is 37.1 Å². The van der Waals surface area contributed by atoms with Crippen LogP contribution in [0.1, 0.15) is 29.3 Å². The van der Waals surface area contributed by atoms with Gasteiger partial charge in [-0.15, -0.1) is 11.3 Å². The van der Waals surface area contributed by atoms with E-state index >= 15 is 0 Å². The fraction of sp³-hybridized carbons (Fsp3) is 0.143. The van der Waals surface area contributed by atoms with Crippen molar-refractivity contribution in [3.63, 3.8) is 0 Å². The van der Waals surface area contributed by atoms with Crippen molar-refractivity contribution in [2.24, 2.45) is 0 Å². The van der Waals surface area contributed by atoms with Crippen molar-refractivity contribution in [3.8, 4) is 40.2 Å². The molecular weight excluding hydrogens is 356 g/mol. The molecule has 0 saturated heterocycles. The molecule has 0 bridgehead atoms. The van der Waals surface area contributed by atoms with Crippen molar-refractivity contribution < 1.29 is 4.52 Å². The van der Waals surface area contributed by atoms with Crippen LogP contribution in [0, 0.1) is 11.3 Å². The van der Waals surface area contributed by atoms with Crippen molar-refractivity contribution in [1.29, 1.82) is 5.26 Å². The Kier molecular flexibility index (Phi) is 3.80. The first-order valence-corrected chi connectivity index (χ1v) is 9.58. The molecule has 2 aromatic carbocycles. The van der Waals surface area contributed by atoms with Crippen molar-refractivity contribution in [1.82, 2.24) is 15.1 Å². The Morgan fingerprint density at radius 1 is 0.926 bits per heavy atom. The van der Waals surface area contributed by atoms with Crippen LogP contribution < -0.4 is 0 Å². The van der Waals surface area contributed by atoms with E-state index in [0.717, 1.165) is 22.4 Å². The number of rotatable bonds is 4. The van der Waals surface area contributed by atoms with Gasteiger partial charge in [-0.2, -0.15) is 10.2 Å². The van der Waals surface area contributed by atoms with Crippen molar-refractivity contribution in [3.05, 3.63) is 64.5 Å². The quantitative estimate of drug-likeness (QED) is 0.489. The molecule has 5 rings (SSSR count). The van der Waals surface area contributed by atoms with Gasteiger partial charge in [-0.3, -0.25) is 0 Å². The van der Waals surface area contributed by atoms with Crippen LogP contribution in [-0.2, 0) is 0 Å². The SMILES string of the molecule is N#Cc1ccc(-c2nc(-c3ccc(-c4csc(C5CC5)n4)cc3)no2)cc1. The molecule has 6 heteroatoms. The van der Waals surface area contributed by atoms with E-state index in [2.05, 4.69) is 21.6 Å². The summed E-state index contributed by atoms with van der Waals surface area (Å²) in [6, 6.07) is 17.2. The van der Waals surface area contributed by atoms with Gasteiger partial charge in [0, 0.05) is 28.0 Å². The van der Waals surface area contributed by atoms with E-state index in [1.165, 1.54) is 17.8 Å². The lowest BCUT2D eigenvalue weighted by molar-refractivity contribution is 0.432. The van der Waals surface area contributed by atoms with Crippen LogP contribution in [0.15, 0.2) is 58.4 Å². The van der Waals surface area contributed by atoms with E-state index in [9.17, 15) is 0 Å². The summed E-state index contributed by atoms with van der Waals surface area (Å²) in [6.07, 6.45) is 2.54. The third-order valence-corrected chi connectivity index (χ3v) is 5.58. The van der Waals surface area contributed by atoms with Crippen molar-refractivity contribution >= 4 is 11.3 Å². The summed E-state index contributed by atoms with van der Waals surface area (Å²) in [5, 5.41) is 16.3. The average Bonchev–Trinajstić information content (AvgIpc) is 3.26. The smallest absolute Gasteiger partial charge is 0.258 e. The molecule has 130 valence electrons. The van der Waals surface area contributed by atoms with Crippen LogP contribution in [0.4, 0.5) is 0 Å². The molecule has 0 radical (unpaired) electrons. The molecule has 1 fully saturated rings. The largest absolute Gasteiger partial charge is 0.334 e. The van der Waals surface area contributed by atoms with Crippen LogP contribution in [-0.4, -0.2) is 15.1 Å². The average molecular weight is 370 g/mol. The number of thiazole rings is 1. The zero-order valence-electron chi connectivity index (χ0n) is 14.3. The highest BCUT2D eigenvalue weighted by Gasteiger charge is 2.26. The molecule has 0 spiro atoms. The molecule has 27 heavy (non-hydrogen) atoms. The summed E-state index contributed by atoms with van der Waals surface area (Å²) >= 11 is 1.75. The Morgan fingerprint density at radius 3 is 2.33 bits per heavy atom. The highest BCUT2D eigenvalue weighted by atomic mass is 32.1. The second-order valence-electron chi connectivity index (χ2n) is 6.53. The van der Waals surface area contributed by atoms with Gasteiger partial charge in [0.1, 0.15) is 0 Å². The number of hydrogen-bond acceptors (Lipinski definition) is 6. The maximum absolute atomic E-state index is 8.88. The second-order valence-corrected chi connectivity index (χ2v) is 7.42. The molecule has 5 nitrogen and oxygen atoms in total. The Morgan fingerprint density at radius 2 is 1.63 bits per heavy atom. The number of hydrogen-bond donors (Lipinski definition) is 0. The van der Waals surface area contributed by atoms with Gasteiger partial charge in [0.05, 0.1) is 22.3 Å². The first-order valence-electron chi connectivity index (χ1n) is 8.70. The highest BCUT2D eigenvalue weighted by molar-refractivity contribution is 7.10. The Balaban J connectivity index is 1.38. The Hall–Kier alpha value is -3.30. The van der Waals surface area contributed by atoms with Gasteiger partial charge in [0.2, 0.25) is 5.82 Å². The molecule has 4 aromatic rings. The Labute approximate surface area is 159 Å². The first kappa shape index (κ1) is 15.9. The number of benzene rings is 2. The van der Waals surface area contributed by atoms with Gasteiger partial charge in [-0.25, -0.2) is 4.98 Å². The zero-order chi connectivity index (χ0) is 18.2. The molecule has 0 amide bonds. The molecule has 0 atom stereocenters. The number of nitriles is 1. The lowest BCUT2D eigenvalue weighted by Gasteiger charge is -1.98. The molecule has 1 aliphatic carbocycles. The molecule has 2 aromatic heterocycles. The molecule has 2 heterocycles. The lowest BCUT2D eigenvalue weighted by atomic mass is 10.1. The van der Waals surface area contributed by atoms with Crippen molar-refractivity contribution in [2.45, 2.75) is 18.8 Å². The third kappa shape index (κ3) is 3.14. The maximum Gasteiger partial charge on any atom is 0.258 e. The van der Waals surface area contributed by atoms with Gasteiger partial charge in [-0.1, -0.05) is 29.4 Å². The minimum absolute atomic E-state index is 0.437.